The quantitative estimate of drug-likeness (QED) is 0.905. The van der Waals surface area contributed by atoms with Gasteiger partial charge in [-0.25, -0.2) is 8.42 Å². The molecule has 0 bridgehead atoms. The number of hydrogen-bond donors (Lipinski definition) is 1. The molecule has 17 heavy (non-hydrogen) atoms. The summed E-state index contributed by atoms with van der Waals surface area (Å²) in [6.07, 6.45) is 0. The van der Waals surface area contributed by atoms with Crippen LogP contribution in [-0.4, -0.2) is 8.42 Å². The van der Waals surface area contributed by atoms with Gasteiger partial charge in [-0.1, -0.05) is 36.4 Å². The van der Waals surface area contributed by atoms with E-state index in [0.29, 0.717) is 11.3 Å². The van der Waals surface area contributed by atoms with Crippen LogP contribution in [0.1, 0.15) is 5.56 Å². The Balaban J connectivity index is 2.34. The van der Waals surface area contributed by atoms with Gasteiger partial charge in [0.1, 0.15) is 0 Å². The Morgan fingerprint density at radius 2 is 1.47 bits per heavy atom. The zero-order valence-electron chi connectivity index (χ0n) is 9.13. The fraction of sp³-hybridized carbons (Fsp3) is 0. The maximum Gasteiger partial charge on any atom is 0.261 e. The summed E-state index contributed by atoms with van der Waals surface area (Å²) in [5, 5.41) is 0. The Kier molecular flexibility index (Phi) is 3.15. The van der Waals surface area contributed by atoms with Crippen molar-refractivity contribution in [3.05, 3.63) is 67.1 Å². The van der Waals surface area contributed by atoms with Crippen molar-refractivity contribution in [3.8, 4) is 0 Å². The highest BCUT2D eigenvalue weighted by Gasteiger charge is 2.13. The van der Waals surface area contributed by atoms with Crippen molar-refractivity contribution in [1.29, 1.82) is 0 Å². The summed E-state index contributed by atoms with van der Waals surface area (Å²) in [4.78, 5) is 0.239. The summed E-state index contributed by atoms with van der Waals surface area (Å²) in [5.74, 6) is 0. The maximum absolute atomic E-state index is 12.0. The van der Waals surface area contributed by atoms with Gasteiger partial charge in [0, 0.05) is 0 Å². The Morgan fingerprint density at radius 1 is 0.882 bits per heavy atom. The summed E-state index contributed by atoms with van der Waals surface area (Å²) in [5.41, 5.74) is 1.14. The molecule has 0 aliphatic heterocycles. The van der Waals surface area contributed by atoms with E-state index in [9.17, 15) is 8.42 Å². The van der Waals surface area contributed by atoms with E-state index >= 15 is 0 Å². The average molecular weight is 246 g/mol. The number of para-hydroxylation sites is 1. The second-order valence-corrected chi connectivity index (χ2v) is 5.26. The molecule has 1 radical (unpaired) electrons. The maximum atomic E-state index is 12.0. The third kappa shape index (κ3) is 2.65. The van der Waals surface area contributed by atoms with Gasteiger partial charge in [0.2, 0.25) is 0 Å². The third-order valence-electron chi connectivity index (χ3n) is 2.32. The van der Waals surface area contributed by atoms with Crippen LogP contribution in [-0.2, 0) is 10.0 Å². The average Bonchev–Trinajstić information content (AvgIpc) is 2.33. The zero-order valence-corrected chi connectivity index (χ0v) is 9.94. The molecule has 87 valence electrons. The molecule has 0 saturated heterocycles. The van der Waals surface area contributed by atoms with Crippen molar-refractivity contribution >= 4 is 15.7 Å². The summed E-state index contributed by atoms with van der Waals surface area (Å²) in [6.45, 7) is 3.77. The molecule has 2 rings (SSSR count). The van der Waals surface area contributed by atoms with E-state index in [0.717, 1.165) is 0 Å². The lowest BCUT2D eigenvalue weighted by Crippen LogP contribution is -2.13. The summed E-state index contributed by atoms with van der Waals surface area (Å²) >= 11 is 0. The van der Waals surface area contributed by atoms with E-state index in [2.05, 4.69) is 11.6 Å². The minimum atomic E-state index is -3.53. The van der Waals surface area contributed by atoms with Crippen LogP contribution in [0.25, 0.3) is 0 Å². The van der Waals surface area contributed by atoms with Crippen molar-refractivity contribution in [2.75, 3.05) is 4.72 Å². The molecule has 0 amide bonds. The van der Waals surface area contributed by atoms with Gasteiger partial charge in [-0.2, -0.15) is 0 Å². The van der Waals surface area contributed by atoms with E-state index in [-0.39, 0.29) is 4.90 Å². The van der Waals surface area contributed by atoms with Crippen LogP contribution in [0.15, 0.2) is 59.5 Å². The van der Waals surface area contributed by atoms with Crippen LogP contribution in [0.3, 0.4) is 0 Å². The Labute approximate surface area is 101 Å². The van der Waals surface area contributed by atoms with Crippen LogP contribution < -0.4 is 4.72 Å². The van der Waals surface area contributed by atoms with Crippen LogP contribution in [0.5, 0.6) is 0 Å². The zero-order chi connectivity index (χ0) is 12.3. The molecule has 0 unspecified atom stereocenters. The molecule has 1 N–H and O–H groups in total. The van der Waals surface area contributed by atoms with Crippen molar-refractivity contribution in [1.82, 2.24) is 0 Å². The third-order valence-corrected chi connectivity index (χ3v) is 3.70. The van der Waals surface area contributed by atoms with Crippen molar-refractivity contribution in [3.63, 3.8) is 0 Å². The Hall–Kier alpha value is -1.81. The minimum Gasteiger partial charge on any atom is -0.279 e. The fourth-order valence-corrected chi connectivity index (χ4v) is 2.55. The van der Waals surface area contributed by atoms with Crippen LogP contribution >= 0.6 is 0 Å². The summed E-state index contributed by atoms with van der Waals surface area (Å²) < 4.78 is 26.5. The van der Waals surface area contributed by atoms with E-state index in [1.807, 2.05) is 6.07 Å². The molecule has 4 heteroatoms. The predicted octanol–water partition coefficient (Wildman–Crippen LogP) is 2.67. The molecule has 0 aliphatic rings. The van der Waals surface area contributed by atoms with Crippen molar-refractivity contribution in [2.24, 2.45) is 0 Å². The monoisotopic (exact) mass is 246 g/mol. The molecule has 0 fully saturated rings. The number of hydrogen-bond acceptors (Lipinski definition) is 2. The second kappa shape index (κ2) is 4.59. The molecule has 0 spiro atoms. The van der Waals surface area contributed by atoms with Gasteiger partial charge < -0.3 is 0 Å². The lowest BCUT2D eigenvalue weighted by atomic mass is 10.2. The first-order valence-corrected chi connectivity index (χ1v) is 6.57. The number of benzene rings is 2. The van der Waals surface area contributed by atoms with Crippen LogP contribution in [0.2, 0.25) is 0 Å². The minimum absolute atomic E-state index is 0.239. The Bertz CT molecular complexity index is 606. The fourth-order valence-electron chi connectivity index (χ4n) is 1.42. The van der Waals surface area contributed by atoms with Gasteiger partial charge >= 0.3 is 0 Å². The van der Waals surface area contributed by atoms with Gasteiger partial charge in [-0.05, 0) is 30.7 Å². The lowest BCUT2D eigenvalue weighted by Gasteiger charge is -2.09. The first-order chi connectivity index (χ1) is 8.09. The molecule has 0 aromatic heterocycles. The number of nitrogens with one attached hydrogen (secondary N) is 1. The van der Waals surface area contributed by atoms with Gasteiger partial charge in [0.15, 0.2) is 0 Å². The topological polar surface area (TPSA) is 46.2 Å². The molecule has 3 nitrogen and oxygen atoms in total. The van der Waals surface area contributed by atoms with Gasteiger partial charge in [0.25, 0.3) is 10.0 Å². The first-order valence-electron chi connectivity index (χ1n) is 5.08. The standard InChI is InChI=1S/C13H12NO2S/c1-11-7-5-6-10-13(11)14-17(15,16)12-8-3-2-4-9-12/h2-10,14H,1H2. The second-order valence-electron chi connectivity index (χ2n) is 3.58. The molecule has 2 aromatic carbocycles. The van der Waals surface area contributed by atoms with Crippen molar-refractivity contribution < 1.29 is 8.42 Å². The molecule has 0 atom stereocenters. The molecule has 0 saturated carbocycles. The number of sulfonamides is 1. The smallest absolute Gasteiger partial charge is 0.261 e. The Morgan fingerprint density at radius 3 is 2.12 bits per heavy atom. The molecular formula is C13H12NO2S. The predicted molar refractivity (Wildman–Crippen MR) is 68.2 cm³/mol. The summed E-state index contributed by atoms with van der Waals surface area (Å²) in [7, 11) is -3.53. The van der Waals surface area contributed by atoms with Gasteiger partial charge in [0.05, 0.1) is 10.6 Å². The number of rotatable bonds is 3. The highest BCUT2D eigenvalue weighted by atomic mass is 32.2. The van der Waals surface area contributed by atoms with Crippen LogP contribution in [0.4, 0.5) is 5.69 Å². The first kappa shape index (κ1) is 11.7. The molecular weight excluding hydrogens is 234 g/mol. The van der Waals surface area contributed by atoms with Crippen LogP contribution in [0, 0.1) is 6.92 Å². The highest BCUT2D eigenvalue weighted by molar-refractivity contribution is 7.92. The summed E-state index contributed by atoms with van der Waals surface area (Å²) in [6, 6.07) is 15.2. The van der Waals surface area contributed by atoms with E-state index in [4.69, 9.17) is 0 Å². The van der Waals surface area contributed by atoms with E-state index in [1.54, 1.807) is 48.5 Å². The molecule has 0 aliphatic carbocycles. The lowest BCUT2D eigenvalue weighted by molar-refractivity contribution is 0.601. The highest BCUT2D eigenvalue weighted by Crippen LogP contribution is 2.18. The molecule has 0 heterocycles. The normalized spacial score (nSPS) is 11.1. The van der Waals surface area contributed by atoms with Crippen molar-refractivity contribution in [2.45, 2.75) is 4.90 Å². The van der Waals surface area contributed by atoms with Gasteiger partial charge in [-0.15, -0.1) is 0 Å². The largest absolute Gasteiger partial charge is 0.279 e. The SMILES string of the molecule is [CH2]c1ccccc1NS(=O)(=O)c1ccccc1. The van der Waals surface area contributed by atoms with Gasteiger partial charge in [-0.3, -0.25) is 4.72 Å². The number of anilines is 1. The van der Waals surface area contributed by atoms with E-state index < -0.39 is 10.0 Å². The van der Waals surface area contributed by atoms with E-state index in [1.165, 1.54) is 0 Å². The molecule has 2 aromatic rings.